The molecule has 0 aromatic heterocycles. The highest BCUT2D eigenvalue weighted by Gasteiger charge is 2.54. The van der Waals surface area contributed by atoms with Gasteiger partial charge in [-0.15, -0.1) is 0 Å². The molecule has 4 aliphatic rings. The number of carbonyl (C=O) groups is 5. The van der Waals surface area contributed by atoms with E-state index >= 15 is 0 Å². The molecule has 23 heteroatoms. The molecule has 4 fully saturated rings. The maximum Gasteiger partial charge on any atom is 0.309 e. The number of hydrogen-bond donors (Lipinski definition) is 2. The maximum absolute atomic E-state index is 14.2. The van der Waals surface area contributed by atoms with Gasteiger partial charge in [0.2, 0.25) is 10.0 Å². The molecule has 78 heavy (non-hydrogen) atoms. The minimum atomic E-state index is -3.69. The summed E-state index contributed by atoms with van der Waals surface area (Å²) in [6, 6.07) is 5.66. The van der Waals surface area contributed by atoms with E-state index < -0.39 is 137 Å². The van der Waals surface area contributed by atoms with Crippen LogP contribution in [0.2, 0.25) is 0 Å². The summed E-state index contributed by atoms with van der Waals surface area (Å²) in [7, 11) is 3.03. The molecule has 0 spiro atoms. The van der Waals surface area contributed by atoms with Gasteiger partial charge in [0.05, 0.1) is 55.0 Å². The van der Waals surface area contributed by atoms with Crippen molar-refractivity contribution in [2.45, 2.75) is 196 Å². The summed E-state index contributed by atoms with van der Waals surface area (Å²) >= 11 is 0. The van der Waals surface area contributed by atoms with Gasteiger partial charge < -0.3 is 72.2 Å². The number of rotatable bonds is 18. The van der Waals surface area contributed by atoms with Crippen molar-refractivity contribution in [2.75, 3.05) is 67.6 Å². The summed E-state index contributed by atoms with van der Waals surface area (Å²) in [4.78, 5) is 69.0. The molecular formula is C55H87N3O19S. The summed E-state index contributed by atoms with van der Waals surface area (Å²) in [5.41, 5.74) is -0.619. The number of aliphatic hydroxyl groups is 2. The molecule has 0 aliphatic carbocycles. The van der Waals surface area contributed by atoms with Crippen LogP contribution in [0.5, 0.6) is 0 Å². The number of benzene rings is 1. The van der Waals surface area contributed by atoms with E-state index in [0.717, 1.165) is 5.56 Å². The van der Waals surface area contributed by atoms with Crippen molar-refractivity contribution in [1.82, 2.24) is 14.1 Å². The van der Waals surface area contributed by atoms with E-state index in [0.29, 0.717) is 38.9 Å². The molecule has 4 saturated heterocycles. The molecule has 4 aliphatic heterocycles. The largest absolute Gasteiger partial charge is 0.462 e. The average Bonchev–Trinajstić information content (AvgIpc) is 3.45. The lowest BCUT2D eigenvalue weighted by atomic mass is 9.82. The zero-order valence-corrected chi connectivity index (χ0v) is 48.2. The number of aldehydes is 1. The van der Waals surface area contributed by atoms with Crippen molar-refractivity contribution >= 4 is 46.3 Å². The summed E-state index contributed by atoms with van der Waals surface area (Å²) in [6.45, 7) is 13.5. The quantitative estimate of drug-likeness (QED) is 0.121. The zero-order chi connectivity index (χ0) is 57.5. The lowest BCUT2D eigenvalue weighted by Crippen LogP contribution is -2.66. The number of hydrogen-bond acceptors (Lipinski definition) is 21. The fraction of sp³-hybridized carbons (Fsp3) is 0.764. The van der Waals surface area contributed by atoms with E-state index in [-0.39, 0.29) is 63.1 Å². The van der Waals surface area contributed by atoms with Gasteiger partial charge >= 0.3 is 23.9 Å². The average molecular weight is 1130 g/mol. The topological polar surface area (TPSA) is 262 Å². The summed E-state index contributed by atoms with van der Waals surface area (Å²) in [5, 5.41) is 24.1. The predicted octanol–water partition coefficient (Wildman–Crippen LogP) is 3.65. The third kappa shape index (κ3) is 17.8. The minimum Gasteiger partial charge on any atom is -0.462 e. The number of likely N-dealkylation sites (N-methyl/N-ethyl adjacent to an activating group) is 2. The lowest BCUT2D eigenvalue weighted by Gasteiger charge is -2.50. The van der Waals surface area contributed by atoms with Crippen LogP contribution in [0.25, 0.3) is 6.08 Å². The number of sulfonamides is 1. The highest BCUT2D eigenvalue weighted by molar-refractivity contribution is 7.89. The fourth-order valence-electron chi connectivity index (χ4n) is 10.9. The number of morpholine rings is 1. The van der Waals surface area contributed by atoms with E-state index in [1.54, 1.807) is 77.9 Å². The van der Waals surface area contributed by atoms with Crippen LogP contribution >= 0.6 is 0 Å². The first-order chi connectivity index (χ1) is 36.9. The fourth-order valence-corrected chi connectivity index (χ4v) is 12.3. The zero-order valence-electron chi connectivity index (χ0n) is 47.4. The van der Waals surface area contributed by atoms with E-state index in [1.165, 1.54) is 18.3 Å². The second-order valence-corrected chi connectivity index (χ2v) is 23.4. The molecule has 0 bridgehead atoms. The van der Waals surface area contributed by atoms with Gasteiger partial charge in [-0.05, 0) is 97.3 Å². The molecular weight excluding hydrogens is 1040 g/mol. The van der Waals surface area contributed by atoms with Crippen molar-refractivity contribution in [2.24, 2.45) is 11.8 Å². The molecule has 22 nitrogen and oxygen atoms in total. The van der Waals surface area contributed by atoms with Gasteiger partial charge in [-0.2, -0.15) is 4.31 Å². The predicted molar refractivity (Wildman–Crippen MR) is 283 cm³/mol. The van der Waals surface area contributed by atoms with Crippen molar-refractivity contribution < 1.29 is 90.0 Å². The molecule has 442 valence electrons. The van der Waals surface area contributed by atoms with Gasteiger partial charge in [0.1, 0.15) is 36.8 Å². The third-order valence-corrected chi connectivity index (χ3v) is 16.9. The highest BCUT2D eigenvalue weighted by atomic mass is 32.2. The first-order valence-corrected chi connectivity index (χ1v) is 28.8. The van der Waals surface area contributed by atoms with Gasteiger partial charge in [0, 0.05) is 65.8 Å². The summed E-state index contributed by atoms with van der Waals surface area (Å²) in [5.74, 6) is -3.64. The molecule has 5 unspecified atom stereocenters. The lowest BCUT2D eigenvalue weighted by molar-refractivity contribution is -0.344. The third-order valence-electron chi connectivity index (χ3n) is 15.0. The number of cyclic esters (lactones) is 1. The van der Waals surface area contributed by atoms with Gasteiger partial charge in [-0.1, -0.05) is 45.1 Å². The molecule has 1 aromatic carbocycles. The van der Waals surface area contributed by atoms with E-state index in [4.69, 9.17) is 47.4 Å². The monoisotopic (exact) mass is 1130 g/mol. The Kier molecular flexibility index (Phi) is 25.1. The molecule has 16 atom stereocenters. The van der Waals surface area contributed by atoms with E-state index in [2.05, 4.69) is 0 Å². The van der Waals surface area contributed by atoms with Gasteiger partial charge in [0.15, 0.2) is 24.3 Å². The number of esters is 4. The Morgan fingerprint density at radius 3 is 2.19 bits per heavy atom. The van der Waals surface area contributed by atoms with Gasteiger partial charge in [-0.25, -0.2) is 8.42 Å². The van der Waals surface area contributed by atoms with Gasteiger partial charge in [0.25, 0.3) is 0 Å². The number of β-amino-alcohol motifs (C(OH)–C–C–N with tert-alkyl or cyclic N) is 1. The Balaban J connectivity index is 1.43. The first kappa shape index (κ1) is 64.8. The SMILES string of the molecule is CCC(=O)O[C@@H]1CC(=O)O[C@@H](CC=Cc2ccc(S(=O)(=O)N3CCOCC3)cc2)CCCN(C)C[C@H](O)[C@H](C)C[C@H](CC=O)[C@H](O[C@@H]2OC(C)[C@@H](O[C@H]3CC(C)(OC(C)=O)[C@@H](OC(=O)CC)C(C)O3)C(N(C)C)C2O)[C@H]1OC. The Bertz CT molecular complexity index is 2230. The Morgan fingerprint density at radius 1 is 0.910 bits per heavy atom. The van der Waals surface area contributed by atoms with Crippen LogP contribution in [0.3, 0.4) is 0 Å². The van der Waals surface area contributed by atoms with E-state index in [9.17, 15) is 42.6 Å². The number of methoxy groups -OCH3 is 1. The standard InChI is InChI=1S/C55H87N3O19S/c1-12-44(62)73-43-31-46(64)72-40(17-14-16-38-19-21-41(22-20-38)78(66,67)58-25-28-69-29-26-58)18-15-24-57(10)33-42(61)34(3)30-39(23-27-59)51(52(43)68-11)76-54-49(65)48(56(8)9)50(35(4)71-54)75-47-32-55(7,77-37(6)60)53(36(5)70-47)74-45(63)13-2/h14,16,19-22,27,34-36,39-40,42-43,47-54,61,65H,12-13,15,17-18,23-26,28-33H2,1-11H3/t34-,35?,36?,39+,40+,42+,43-,47+,48?,49?,50-,51+,52+,53+,54+,55?/m1/s1. The number of aliphatic hydroxyl groups excluding tert-OH is 2. The highest BCUT2D eigenvalue weighted by Crippen LogP contribution is 2.39. The van der Waals surface area contributed by atoms with Crippen LogP contribution in [0.4, 0.5) is 0 Å². The van der Waals surface area contributed by atoms with Crippen LogP contribution in [-0.2, 0) is 81.4 Å². The van der Waals surface area contributed by atoms with Crippen LogP contribution in [0.15, 0.2) is 35.2 Å². The van der Waals surface area contributed by atoms with Crippen molar-refractivity contribution in [1.29, 1.82) is 0 Å². The van der Waals surface area contributed by atoms with E-state index in [1.807, 2.05) is 31.0 Å². The second kappa shape index (κ2) is 30.2. The maximum atomic E-state index is 14.2. The van der Waals surface area contributed by atoms with Crippen LogP contribution in [0.1, 0.15) is 112 Å². The summed E-state index contributed by atoms with van der Waals surface area (Å²) < 4.78 is 89.2. The van der Waals surface area contributed by atoms with Crippen molar-refractivity contribution in [3.63, 3.8) is 0 Å². The molecule has 5 rings (SSSR count). The second-order valence-electron chi connectivity index (χ2n) is 21.5. The number of nitrogens with zero attached hydrogens (tertiary/aromatic N) is 3. The van der Waals surface area contributed by atoms with Crippen molar-refractivity contribution in [3.8, 4) is 0 Å². The molecule has 1 aromatic rings. The minimum absolute atomic E-state index is 0.0406. The smallest absolute Gasteiger partial charge is 0.309 e. The normalized spacial score (nSPS) is 34.7. The first-order valence-electron chi connectivity index (χ1n) is 27.4. The Labute approximate surface area is 460 Å². The number of carbonyl (C=O) groups excluding carboxylic acids is 5. The summed E-state index contributed by atoms with van der Waals surface area (Å²) in [6.07, 6.45) is -7.50. The molecule has 0 saturated carbocycles. The van der Waals surface area contributed by atoms with Crippen molar-refractivity contribution in [3.05, 3.63) is 35.9 Å². The van der Waals surface area contributed by atoms with Crippen LogP contribution < -0.4 is 0 Å². The molecule has 0 amide bonds. The Hall–Kier alpha value is -3.98. The number of ether oxygens (including phenoxy) is 10. The van der Waals surface area contributed by atoms with Crippen LogP contribution in [0, 0.1) is 11.8 Å². The van der Waals surface area contributed by atoms with Crippen LogP contribution in [-0.4, -0.2) is 216 Å². The molecule has 0 radical (unpaired) electrons. The Morgan fingerprint density at radius 2 is 1.58 bits per heavy atom. The molecule has 4 heterocycles. The van der Waals surface area contributed by atoms with Gasteiger partial charge in [-0.3, -0.25) is 19.2 Å². The molecule has 2 N–H and O–H groups in total.